The maximum absolute atomic E-state index is 12.9. The average Bonchev–Trinajstić information content (AvgIpc) is 2.60. The van der Waals surface area contributed by atoms with Gasteiger partial charge in [-0.1, -0.05) is 31.2 Å². The molecule has 0 heterocycles. The van der Waals surface area contributed by atoms with Crippen molar-refractivity contribution in [2.75, 3.05) is 6.61 Å². The molecule has 24 heavy (non-hydrogen) atoms. The topological polar surface area (TPSA) is 58.6 Å². The summed E-state index contributed by atoms with van der Waals surface area (Å²) in [5.74, 6) is -0.00613. The Bertz CT molecular complexity index is 655. The molecule has 2 N–H and O–H groups in total. The second-order valence-electron chi connectivity index (χ2n) is 5.62. The van der Waals surface area contributed by atoms with E-state index in [1.165, 1.54) is 12.1 Å². The SMILES string of the molecule is CC[C@H](O)c1ccc(OCC(=O)N[C@@H](C)c2ccc(F)cc2)cc1. The molecule has 0 radical (unpaired) electrons. The summed E-state index contributed by atoms with van der Waals surface area (Å²) in [6, 6.07) is 12.8. The van der Waals surface area contributed by atoms with Crippen molar-refractivity contribution in [3.63, 3.8) is 0 Å². The summed E-state index contributed by atoms with van der Waals surface area (Å²) in [6.07, 6.45) is 0.156. The highest BCUT2D eigenvalue weighted by Crippen LogP contribution is 2.20. The highest BCUT2D eigenvalue weighted by molar-refractivity contribution is 5.78. The molecule has 0 unspecified atom stereocenters. The number of hydrogen-bond acceptors (Lipinski definition) is 3. The number of benzene rings is 2. The van der Waals surface area contributed by atoms with Gasteiger partial charge in [0.2, 0.25) is 0 Å². The summed E-state index contributed by atoms with van der Waals surface area (Å²) in [7, 11) is 0. The van der Waals surface area contributed by atoms with Crippen LogP contribution in [-0.4, -0.2) is 17.6 Å². The van der Waals surface area contributed by atoms with Gasteiger partial charge in [0, 0.05) is 0 Å². The van der Waals surface area contributed by atoms with Crippen LogP contribution < -0.4 is 10.1 Å². The molecule has 0 saturated carbocycles. The second-order valence-corrected chi connectivity index (χ2v) is 5.62. The zero-order valence-electron chi connectivity index (χ0n) is 13.8. The van der Waals surface area contributed by atoms with E-state index in [-0.39, 0.29) is 24.4 Å². The lowest BCUT2D eigenvalue weighted by molar-refractivity contribution is -0.123. The Kier molecular flexibility index (Phi) is 6.32. The summed E-state index contributed by atoms with van der Waals surface area (Å²) in [5, 5.41) is 12.5. The van der Waals surface area contributed by atoms with Gasteiger partial charge in [-0.05, 0) is 48.7 Å². The smallest absolute Gasteiger partial charge is 0.258 e. The first kappa shape index (κ1) is 17.9. The van der Waals surface area contributed by atoms with Gasteiger partial charge in [-0.2, -0.15) is 0 Å². The normalized spacial score (nSPS) is 13.2. The lowest BCUT2D eigenvalue weighted by atomic mass is 10.1. The molecule has 2 aromatic rings. The van der Waals surface area contributed by atoms with Gasteiger partial charge in [0.05, 0.1) is 12.1 Å². The lowest BCUT2D eigenvalue weighted by Crippen LogP contribution is -2.31. The van der Waals surface area contributed by atoms with E-state index in [4.69, 9.17) is 4.74 Å². The molecule has 128 valence electrons. The Balaban J connectivity index is 1.83. The van der Waals surface area contributed by atoms with E-state index in [1.807, 2.05) is 13.8 Å². The summed E-state index contributed by atoms with van der Waals surface area (Å²) < 4.78 is 18.3. The van der Waals surface area contributed by atoms with Crippen molar-refractivity contribution < 1.29 is 19.0 Å². The Morgan fingerprint density at radius 3 is 2.29 bits per heavy atom. The second kappa shape index (κ2) is 8.45. The molecule has 2 atom stereocenters. The molecule has 0 bridgehead atoms. The predicted molar refractivity (Wildman–Crippen MR) is 90.1 cm³/mol. The van der Waals surface area contributed by atoms with Crippen LogP contribution in [0.3, 0.4) is 0 Å². The number of amides is 1. The first-order chi connectivity index (χ1) is 11.5. The first-order valence-electron chi connectivity index (χ1n) is 7.95. The fraction of sp³-hybridized carbons (Fsp3) is 0.316. The van der Waals surface area contributed by atoms with Gasteiger partial charge in [0.1, 0.15) is 11.6 Å². The zero-order valence-corrected chi connectivity index (χ0v) is 13.8. The minimum atomic E-state index is -0.487. The number of ether oxygens (including phenoxy) is 1. The van der Waals surface area contributed by atoms with Crippen molar-refractivity contribution in [3.8, 4) is 5.75 Å². The Morgan fingerprint density at radius 1 is 1.12 bits per heavy atom. The molecule has 0 aliphatic heterocycles. The summed E-state index contributed by atoms with van der Waals surface area (Å²) in [5.41, 5.74) is 1.64. The molecule has 0 aliphatic carbocycles. The van der Waals surface area contributed by atoms with E-state index in [0.29, 0.717) is 12.2 Å². The number of hydrogen-bond donors (Lipinski definition) is 2. The van der Waals surface area contributed by atoms with E-state index in [0.717, 1.165) is 11.1 Å². The quantitative estimate of drug-likeness (QED) is 0.816. The summed E-state index contributed by atoms with van der Waals surface area (Å²) >= 11 is 0. The molecule has 2 rings (SSSR count). The third-order valence-corrected chi connectivity index (χ3v) is 3.77. The van der Waals surface area contributed by atoms with Crippen LogP contribution in [-0.2, 0) is 4.79 Å². The third-order valence-electron chi connectivity index (χ3n) is 3.77. The molecular formula is C19H22FNO3. The van der Waals surface area contributed by atoms with E-state index >= 15 is 0 Å². The number of rotatable bonds is 7. The van der Waals surface area contributed by atoms with Gasteiger partial charge in [-0.15, -0.1) is 0 Å². The van der Waals surface area contributed by atoms with Gasteiger partial charge >= 0.3 is 0 Å². The van der Waals surface area contributed by atoms with E-state index in [1.54, 1.807) is 36.4 Å². The highest BCUT2D eigenvalue weighted by atomic mass is 19.1. The monoisotopic (exact) mass is 331 g/mol. The first-order valence-corrected chi connectivity index (χ1v) is 7.95. The van der Waals surface area contributed by atoms with E-state index in [2.05, 4.69) is 5.32 Å². The van der Waals surface area contributed by atoms with Gasteiger partial charge in [0.25, 0.3) is 5.91 Å². The number of aliphatic hydroxyl groups excluding tert-OH is 1. The van der Waals surface area contributed by atoms with Crippen LogP contribution >= 0.6 is 0 Å². The number of aliphatic hydroxyl groups is 1. The molecule has 0 spiro atoms. The fourth-order valence-electron chi connectivity index (χ4n) is 2.29. The molecule has 0 saturated heterocycles. The van der Waals surface area contributed by atoms with Gasteiger partial charge in [-0.3, -0.25) is 4.79 Å². The standard InChI is InChI=1S/C19H22FNO3/c1-3-18(22)15-6-10-17(11-7-15)24-12-19(23)21-13(2)14-4-8-16(20)9-5-14/h4-11,13,18,22H,3,12H2,1-2H3,(H,21,23)/t13-,18-/m0/s1. The maximum atomic E-state index is 12.9. The molecule has 0 fully saturated rings. The fourth-order valence-corrected chi connectivity index (χ4v) is 2.29. The Morgan fingerprint density at radius 2 is 1.71 bits per heavy atom. The highest BCUT2D eigenvalue weighted by Gasteiger charge is 2.10. The average molecular weight is 331 g/mol. The number of halogens is 1. The van der Waals surface area contributed by atoms with Crippen LogP contribution in [0.2, 0.25) is 0 Å². The van der Waals surface area contributed by atoms with Crippen LogP contribution in [0.5, 0.6) is 5.75 Å². The molecule has 0 aliphatic rings. The van der Waals surface area contributed by atoms with Crippen LogP contribution in [0.15, 0.2) is 48.5 Å². The van der Waals surface area contributed by atoms with E-state index in [9.17, 15) is 14.3 Å². The van der Waals surface area contributed by atoms with Crippen LogP contribution in [0, 0.1) is 5.82 Å². The zero-order chi connectivity index (χ0) is 17.5. The van der Waals surface area contributed by atoms with Gasteiger partial charge < -0.3 is 15.2 Å². The third kappa shape index (κ3) is 5.06. The van der Waals surface area contributed by atoms with Crippen molar-refractivity contribution >= 4 is 5.91 Å². The molecule has 5 heteroatoms. The number of carbonyl (C=O) groups is 1. The minimum Gasteiger partial charge on any atom is -0.484 e. The van der Waals surface area contributed by atoms with Crippen molar-refractivity contribution in [3.05, 3.63) is 65.5 Å². The molecule has 2 aromatic carbocycles. The van der Waals surface area contributed by atoms with Crippen LogP contribution in [0.1, 0.15) is 43.5 Å². The molecule has 0 aromatic heterocycles. The van der Waals surface area contributed by atoms with Crippen molar-refractivity contribution in [1.82, 2.24) is 5.32 Å². The molecule has 1 amide bonds. The van der Waals surface area contributed by atoms with Gasteiger partial charge in [-0.25, -0.2) is 4.39 Å². The van der Waals surface area contributed by atoms with Crippen LogP contribution in [0.4, 0.5) is 4.39 Å². The van der Waals surface area contributed by atoms with E-state index < -0.39 is 6.10 Å². The predicted octanol–water partition coefficient (Wildman–Crippen LogP) is 3.53. The largest absolute Gasteiger partial charge is 0.484 e. The van der Waals surface area contributed by atoms with Crippen molar-refractivity contribution in [2.24, 2.45) is 0 Å². The minimum absolute atomic E-state index is 0.110. The Labute approximate surface area is 141 Å². The Hall–Kier alpha value is -2.40. The lowest BCUT2D eigenvalue weighted by Gasteiger charge is -2.15. The van der Waals surface area contributed by atoms with Crippen molar-refractivity contribution in [2.45, 2.75) is 32.4 Å². The summed E-state index contributed by atoms with van der Waals surface area (Å²) in [6.45, 7) is 3.62. The number of carbonyl (C=O) groups excluding carboxylic acids is 1. The molecule has 4 nitrogen and oxygen atoms in total. The summed E-state index contributed by atoms with van der Waals surface area (Å²) in [4.78, 5) is 11.9. The number of nitrogens with one attached hydrogen (secondary N) is 1. The maximum Gasteiger partial charge on any atom is 0.258 e. The van der Waals surface area contributed by atoms with Crippen LogP contribution in [0.25, 0.3) is 0 Å². The van der Waals surface area contributed by atoms with Gasteiger partial charge in [0.15, 0.2) is 6.61 Å². The van der Waals surface area contributed by atoms with Crippen molar-refractivity contribution in [1.29, 1.82) is 0 Å². The molecular weight excluding hydrogens is 309 g/mol.